The van der Waals surface area contributed by atoms with Crippen molar-refractivity contribution in [3.63, 3.8) is 0 Å². The highest BCUT2D eigenvalue weighted by molar-refractivity contribution is 6.39. The molecule has 3 N–H and O–H groups in total. The molecular weight excluding hydrogens is 439 g/mol. The highest BCUT2D eigenvalue weighted by Gasteiger charge is 2.20. The van der Waals surface area contributed by atoms with Gasteiger partial charge >= 0.3 is 0 Å². The van der Waals surface area contributed by atoms with Gasteiger partial charge in [-0.3, -0.25) is 9.20 Å². The van der Waals surface area contributed by atoms with Crippen LogP contribution < -0.4 is 20.5 Å². The number of anilines is 2. The zero-order valence-corrected chi connectivity index (χ0v) is 17.9. The first-order valence-electron chi connectivity index (χ1n) is 9.25. The Morgan fingerprint density at radius 3 is 2.61 bits per heavy atom. The molecule has 0 aliphatic carbocycles. The average molecular weight is 457 g/mol. The van der Waals surface area contributed by atoms with E-state index in [0.29, 0.717) is 50.0 Å². The van der Waals surface area contributed by atoms with Gasteiger partial charge in [-0.05, 0) is 36.4 Å². The molecule has 0 aliphatic heterocycles. The molecule has 0 aliphatic rings. The summed E-state index contributed by atoms with van der Waals surface area (Å²) in [6.07, 6.45) is 1.87. The van der Waals surface area contributed by atoms with Gasteiger partial charge in [-0.1, -0.05) is 35.3 Å². The number of carbonyl (C=O) groups excluding carboxylic acids is 1. The van der Waals surface area contributed by atoms with Gasteiger partial charge in [0.2, 0.25) is 0 Å². The molecule has 31 heavy (non-hydrogen) atoms. The number of amides is 1. The monoisotopic (exact) mass is 456 g/mol. The van der Waals surface area contributed by atoms with Crippen LogP contribution in [0.5, 0.6) is 11.5 Å². The molecule has 0 saturated carbocycles. The Bertz CT molecular complexity index is 1250. The van der Waals surface area contributed by atoms with E-state index < -0.39 is 5.91 Å². The van der Waals surface area contributed by atoms with E-state index in [1.54, 1.807) is 43.5 Å². The topological polar surface area (TPSA) is 90.9 Å². The van der Waals surface area contributed by atoms with E-state index in [1.807, 2.05) is 28.8 Å². The minimum absolute atomic E-state index is 0.285. The first-order chi connectivity index (χ1) is 15.0. The molecule has 0 radical (unpaired) electrons. The molecule has 4 aromatic rings. The highest BCUT2D eigenvalue weighted by Crippen LogP contribution is 2.40. The Hall–Kier alpha value is -3.42. The van der Waals surface area contributed by atoms with Crippen LogP contribution in [0.3, 0.4) is 0 Å². The molecule has 0 atom stereocenters. The molecule has 2 aromatic carbocycles. The van der Waals surface area contributed by atoms with Crippen LogP contribution in [0, 0.1) is 0 Å². The average Bonchev–Trinajstić information content (AvgIpc) is 3.12. The molecular formula is C22H18Cl2N4O3. The van der Waals surface area contributed by atoms with Gasteiger partial charge in [0.1, 0.15) is 28.7 Å². The lowest BCUT2D eigenvalue weighted by Gasteiger charge is -2.14. The number of pyridine rings is 1. The number of hydrogen-bond donors (Lipinski definition) is 2. The van der Waals surface area contributed by atoms with Crippen LogP contribution >= 0.6 is 23.2 Å². The Kier molecular flexibility index (Phi) is 5.88. The van der Waals surface area contributed by atoms with Crippen LogP contribution in [0.15, 0.2) is 60.8 Å². The molecule has 9 heteroatoms. The molecule has 4 rings (SSSR count). The fraction of sp³-hybridized carbons (Fsp3) is 0.0909. The summed E-state index contributed by atoms with van der Waals surface area (Å²) in [5, 5.41) is 4.23. The van der Waals surface area contributed by atoms with E-state index in [2.05, 4.69) is 5.32 Å². The second-order valence-electron chi connectivity index (χ2n) is 6.58. The van der Waals surface area contributed by atoms with Crippen LogP contribution in [0.4, 0.5) is 11.5 Å². The molecule has 2 aromatic heterocycles. The number of aromatic nitrogens is 2. The number of methoxy groups -OCH3 is 1. The van der Waals surface area contributed by atoms with Gasteiger partial charge in [0, 0.05) is 17.8 Å². The number of hydrogen-bond acceptors (Lipinski definition) is 5. The number of ether oxygens (including phenoxy) is 2. The smallest absolute Gasteiger partial charge is 0.255 e. The number of benzene rings is 2. The molecule has 0 saturated heterocycles. The van der Waals surface area contributed by atoms with E-state index in [4.69, 9.17) is 43.4 Å². The van der Waals surface area contributed by atoms with Gasteiger partial charge in [-0.25, -0.2) is 4.98 Å². The molecule has 0 fully saturated rings. The molecule has 7 nitrogen and oxygen atoms in total. The second kappa shape index (κ2) is 8.75. The normalized spacial score (nSPS) is 10.8. The predicted molar refractivity (Wildman–Crippen MR) is 122 cm³/mol. The van der Waals surface area contributed by atoms with Gasteiger partial charge in [0.25, 0.3) is 5.91 Å². The fourth-order valence-corrected chi connectivity index (χ4v) is 3.62. The summed E-state index contributed by atoms with van der Waals surface area (Å²) < 4.78 is 12.8. The number of nitrogens with two attached hydrogens (primary N) is 1. The lowest BCUT2D eigenvalue weighted by molar-refractivity contribution is -0.119. The van der Waals surface area contributed by atoms with E-state index >= 15 is 0 Å². The van der Waals surface area contributed by atoms with Crippen LogP contribution in [-0.4, -0.2) is 29.0 Å². The van der Waals surface area contributed by atoms with E-state index in [0.717, 1.165) is 0 Å². The van der Waals surface area contributed by atoms with E-state index in [-0.39, 0.29) is 6.61 Å². The summed E-state index contributed by atoms with van der Waals surface area (Å²) in [4.78, 5) is 16.1. The van der Waals surface area contributed by atoms with Crippen molar-refractivity contribution in [3.05, 3.63) is 70.8 Å². The zero-order chi connectivity index (χ0) is 22.0. The summed E-state index contributed by atoms with van der Waals surface area (Å²) >= 11 is 12.8. The minimum atomic E-state index is -0.593. The minimum Gasteiger partial charge on any atom is -0.497 e. The lowest BCUT2D eigenvalue weighted by Crippen LogP contribution is -2.20. The lowest BCUT2D eigenvalue weighted by atomic mass is 10.1. The van der Waals surface area contributed by atoms with Crippen molar-refractivity contribution in [3.8, 4) is 22.8 Å². The standard InChI is InChI=1S/C22H18Cl2N4O3/c1-30-13-8-9-14(17(11-13)31-12-18(25)29)20-22(28-10-3-2-7-19(28)26-20)27-21-15(23)5-4-6-16(21)24/h2-11,27H,12H2,1H3,(H2,25,29). The molecule has 0 unspecified atom stereocenters. The number of carbonyl (C=O) groups is 1. The Morgan fingerprint density at radius 2 is 1.90 bits per heavy atom. The molecule has 158 valence electrons. The number of primary amides is 1. The maximum Gasteiger partial charge on any atom is 0.255 e. The third-order valence-corrected chi connectivity index (χ3v) is 5.18. The Labute approximate surface area is 188 Å². The van der Waals surface area contributed by atoms with Gasteiger partial charge in [-0.2, -0.15) is 0 Å². The van der Waals surface area contributed by atoms with E-state index in [9.17, 15) is 4.79 Å². The maximum absolute atomic E-state index is 11.3. The number of imidazole rings is 1. The Balaban J connectivity index is 1.90. The zero-order valence-electron chi connectivity index (χ0n) is 16.4. The van der Waals surface area contributed by atoms with E-state index in [1.165, 1.54) is 0 Å². The van der Waals surface area contributed by atoms with Gasteiger partial charge in [-0.15, -0.1) is 0 Å². The predicted octanol–water partition coefficient (Wildman–Crippen LogP) is 4.92. The van der Waals surface area contributed by atoms with Crippen LogP contribution in [0.2, 0.25) is 10.0 Å². The van der Waals surface area contributed by atoms with Crippen molar-refractivity contribution in [1.29, 1.82) is 0 Å². The number of nitrogens with zero attached hydrogens (tertiary/aromatic N) is 2. The van der Waals surface area contributed by atoms with Crippen LogP contribution in [-0.2, 0) is 4.79 Å². The Morgan fingerprint density at radius 1 is 1.13 bits per heavy atom. The summed E-state index contributed by atoms with van der Waals surface area (Å²) in [7, 11) is 1.55. The van der Waals surface area contributed by atoms with Crippen molar-refractivity contribution in [2.24, 2.45) is 5.73 Å². The largest absolute Gasteiger partial charge is 0.497 e. The van der Waals surface area contributed by atoms with Crippen molar-refractivity contribution >= 4 is 46.3 Å². The third kappa shape index (κ3) is 4.23. The summed E-state index contributed by atoms with van der Waals surface area (Å²) in [6, 6.07) is 16.2. The van der Waals surface area contributed by atoms with Crippen LogP contribution in [0.25, 0.3) is 16.9 Å². The molecule has 2 heterocycles. The quantitative estimate of drug-likeness (QED) is 0.411. The summed E-state index contributed by atoms with van der Waals surface area (Å²) in [5.74, 6) is 0.996. The highest BCUT2D eigenvalue weighted by atomic mass is 35.5. The van der Waals surface area contributed by atoms with Crippen molar-refractivity contribution < 1.29 is 14.3 Å². The third-order valence-electron chi connectivity index (χ3n) is 4.55. The van der Waals surface area contributed by atoms with Gasteiger partial charge < -0.3 is 20.5 Å². The first kappa shape index (κ1) is 20.8. The number of fused-ring (bicyclic) bond motifs is 1. The number of rotatable bonds is 7. The number of nitrogens with one attached hydrogen (secondary N) is 1. The van der Waals surface area contributed by atoms with Crippen molar-refractivity contribution in [1.82, 2.24) is 9.38 Å². The van der Waals surface area contributed by atoms with Crippen LogP contribution in [0.1, 0.15) is 0 Å². The molecule has 0 bridgehead atoms. The van der Waals surface area contributed by atoms with Gasteiger partial charge in [0.15, 0.2) is 6.61 Å². The van der Waals surface area contributed by atoms with Crippen molar-refractivity contribution in [2.75, 3.05) is 19.0 Å². The fourth-order valence-electron chi connectivity index (χ4n) is 3.13. The summed E-state index contributed by atoms with van der Waals surface area (Å²) in [5.41, 5.74) is 7.72. The maximum atomic E-state index is 11.3. The SMILES string of the molecule is COc1ccc(-c2nc3ccccn3c2Nc2c(Cl)cccc2Cl)c(OCC(N)=O)c1. The number of halogens is 2. The van der Waals surface area contributed by atoms with Gasteiger partial charge in [0.05, 0.1) is 22.8 Å². The first-order valence-corrected chi connectivity index (χ1v) is 10.0. The molecule has 1 amide bonds. The van der Waals surface area contributed by atoms with Crippen molar-refractivity contribution in [2.45, 2.75) is 0 Å². The second-order valence-corrected chi connectivity index (χ2v) is 7.39. The molecule has 0 spiro atoms. The number of para-hydroxylation sites is 1. The summed E-state index contributed by atoms with van der Waals surface area (Å²) in [6.45, 7) is -0.285.